The first kappa shape index (κ1) is 20.1. The number of piperazine rings is 1. The number of rotatable bonds is 6. The molecule has 156 valence electrons. The standard InChI is InChI=1S/C23H33N5O/c1-25-13-15-27(16-14-25)23(29)9-6-20-3-2-11-26(17-20)18-21-4-7-22(8-5-21)28-12-10-24-19-28/h4-5,7-8,10,12,19-20H,2-3,6,9,11,13-18H2,1H3/t20-/m0/s1. The van der Waals surface area contributed by atoms with Crippen LogP contribution in [0.25, 0.3) is 5.69 Å². The molecule has 1 aromatic carbocycles. The molecule has 1 atom stereocenters. The van der Waals surface area contributed by atoms with Crippen molar-refractivity contribution in [1.82, 2.24) is 24.3 Å². The molecule has 0 spiro atoms. The molecule has 0 saturated carbocycles. The molecule has 2 fully saturated rings. The van der Waals surface area contributed by atoms with Crippen LogP contribution in [0.3, 0.4) is 0 Å². The van der Waals surface area contributed by atoms with Crippen LogP contribution in [0.1, 0.15) is 31.2 Å². The van der Waals surface area contributed by atoms with Crippen molar-refractivity contribution < 1.29 is 4.79 Å². The fourth-order valence-electron chi connectivity index (χ4n) is 4.52. The Morgan fingerprint density at radius 2 is 1.90 bits per heavy atom. The molecule has 2 aromatic rings. The van der Waals surface area contributed by atoms with E-state index in [0.29, 0.717) is 18.2 Å². The van der Waals surface area contributed by atoms with Crippen molar-refractivity contribution in [3.05, 3.63) is 48.5 Å². The Labute approximate surface area is 174 Å². The lowest BCUT2D eigenvalue weighted by molar-refractivity contribution is -0.133. The number of piperidine rings is 1. The molecule has 0 N–H and O–H groups in total. The van der Waals surface area contributed by atoms with Crippen LogP contribution in [0.2, 0.25) is 0 Å². The van der Waals surface area contributed by atoms with Crippen LogP contribution in [0, 0.1) is 5.92 Å². The normalized spacial score (nSPS) is 21.4. The van der Waals surface area contributed by atoms with Crippen LogP contribution < -0.4 is 0 Å². The number of aromatic nitrogens is 2. The van der Waals surface area contributed by atoms with E-state index in [2.05, 4.69) is 51.0 Å². The summed E-state index contributed by atoms with van der Waals surface area (Å²) in [5.41, 5.74) is 2.49. The van der Waals surface area contributed by atoms with Gasteiger partial charge in [0, 0.05) is 63.8 Å². The number of nitrogens with zero attached hydrogens (tertiary/aromatic N) is 5. The van der Waals surface area contributed by atoms with Gasteiger partial charge in [0.1, 0.15) is 0 Å². The van der Waals surface area contributed by atoms with Gasteiger partial charge in [-0.05, 0) is 56.5 Å². The maximum absolute atomic E-state index is 12.5. The Balaban J connectivity index is 1.23. The zero-order valence-electron chi connectivity index (χ0n) is 17.5. The lowest BCUT2D eigenvalue weighted by Gasteiger charge is -2.34. The largest absolute Gasteiger partial charge is 0.340 e. The molecule has 1 aromatic heterocycles. The van der Waals surface area contributed by atoms with E-state index >= 15 is 0 Å². The highest BCUT2D eigenvalue weighted by atomic mass is 16.2. The Morgan fingerprint density at radius 1 is 1.10 bits per heavy atom. The second-order valence-electron chi connectivity index (χ2n) is 8.60. The minimum Gasteiger partial charge on any atom is -0.340 e. The number of hydrogen-bond donors (Lipinski definition) is 0. The van der Waals surface area contributed by atoms with E-state index in [0.717, 1.165) is 57.9 Å². The first-order valence-electron chi connectivity index (χ1n) is 10.9. The molecule has 4 rings (SSSR count). The summed E-state index contributed by atoms with van der Waals surface area (Å²) < 4.78 is 2.03. The number of amides is 1. The first-order valence-corrected chi connectivity index (χ1v) is 10.9. The highest BCUT2D eigenvalue weighted by Gasteiger charge is 2.23. The molecular formula is C23H33N5O. The molecule has 2 aliphatic heterocycles. The average Bonchev–Trinajstić information content (AvgIpc) is 3.28. The summed E-state index contributed by atoms with van der Waals surface area (Å²) in [5.74, 6) is 0.996. The quantitative estimate of drug-likeness (QED) is 0.754. The summed E-state index contributed by atoms with van der Waals surface area (Å²) >= 11 is 0. The van der Waals surface area contributed by atoms with Crippen molar-refractivity contribution in [1.29, 1.82) is 0 Å². The summed E-state index contributed by atoms with van der Waals surface area (Å²) in [5, 5.41) is 0. The van der Waals surface area contributed by atoms with Gasteiger partial charge >= 0.3 is 0 Å². The van der Waals surface area contributed by atoms with Gasteiger partial charge in [-0.1, -0.05) is 12.1 Å². The SMILES string of the molecule is CN1CCN(C(=O)CC[C@@H]2CCCN(Cc3ccc(-n4ccnc4)cc3)C2)CC1. The number of carbonyl (C=O) groups excluding carboxylic acids is 1. The minimum atomic E-state index is 0.352. The van der Waals surface area contributed by atoms with Crippen LogP contribution in [0.15, 0.2) is 43.0 Å². The second kappa shape index (κ2) is 9.55. The molecule has 0 radical (unpaired) electrons. The Bertz CT molecular complexity index is 765. The van der Waals surface area contributed by atoms with Crippen molar-refractivity contribution in [2.45, 2.75) is 32.2 Å². The van der Waals surface area contributed by atoms with Crippen molar-refractivity contribution in [2.75, 3.05) is 46.3 Å². The van der Waals surface area contributed by atoms with E-state index in [9.17, 15) is 4.79 Å². The summed E-state index contributed by atoms with van der Waals surface area (Å²) in [7, 11) is 2.13. The summed E-state index contributed by atoms with van der Waals surface area (Å²) in [4.78, 5) is 23.6. The molecule has 0 aliphatic carbocycles. The van der Waals surface area contributed by atoms with E-state index in [1.165, 1.54) is 18.4 Å². The summed E-state index contributed by atoms with van der Waals surface area (Å²) in [6.45, 7) is 7.05. The molecule has 6 nitrogen and oxygen atoms in total. The van der Waals surface area contributed by atoms with E-state index in [-0.39, 0.29) is 0 Å². The molecule has 29 heavy (non-hydrogen) atoms. The maximum atomic E-state index is 12.5. The Morgan fingerprint density at radius 3 is 2.62 bits per heavy atom. The molecule has 0 unspecified atom stereocenters. The fourth-order valence-corrected chi connectivity index (χ4v) is 4.52. The zero-order chi connectivity index (χ0) is 20.1. The number of hydrogen-bond acceptors (Lipinski definition) is 4. The maximum Gasteiger partial charge on any atom is 0.222 e. The molecule has 0 bridgehead atoms. The van der Waals surface area contributed by atoms with Crippen LogP contribution in [0.4, 0.5) is 0 Å². The van der Waals surface area contributed by atoms with Gasteiger partial charge in [0.25, 0.3) is 0 Å². The van der Waals surface area contributed by atoms with E-state index in [1.54, 1.807) is 6.20 Å². The average molecular weight is 396 g/mol. The van der Waals surface area contributed by atoms with Gasteiger partial charge in [0.2, 0.25) is 5.91 Å². The van der Waals surface area contributed by atoms with Crippen molar-refractivity contribution in [3.8, 4) is 5.69 Å². The molecule has 3 heterocycles. The number of imidazole rings is 1. The lowest BCUT2D eigenvalue weighted by Crippen LogP contribution is -2.47. The van der Waals surface area contributed by atoms with Crippen molar-refractivity contribution in [3.63, 3.8) is 0 Å². The van der Waals surface area contributed by atoms with Crippen molar-refractivity contribution >= 4 is 5.91 Å². The highest BCUT2D eigenvalue weighted by molar-refractivity contribution is 5.76. The van der Waals surface area contributed by atoms with Crippen LogP contribution in [-0.4, -0.2) is 76.5 Å². The predicted octanol–water partition coefficient (Wildman–Crippen LogP) is 2.64. The third-order valence-electron chi connectivity index (χ3n) is 6.37. The van der Waals surface area contributed by atoms with Gasteiger partial charge in [-0.15, -0.1) is 0 Å². The Kier molecular flexibility index (Phi) is 6.62. The highest BCUT2D eigenvalue weighted by Crippen LogP contribution is 2.23. The van der Waals surface area contributed by atoms with Crippen LogP contribution >= 0.6 is 0 Å². The summed E-state index contributed by atoms with van der Waals surface area (Å²) in [6.07, 6.45) is 9.83. The third kappa shape index (κ3) is 5.46. The van der Waals surface area contributed by atoms with Gasteiger partial charge in [0.05, 0.1) is 6.33 Å². The summed E-state index contributed by atoms with van der Waals surface area (Å²) in [6, 6.07) is 8.76. The van der Waals surface area contributed by atoms with Crippen LogP contribution in [-0.2, 0) is 11.3 Å². The zero-order valence-corrected chi connectivity index (χ0v) is 17.5. The molecule has 2 aliphatic rings. The molecular weight excluding hydrogens is 362 g/mol. The first-order chi connectivity index (χ1) is 14.2. The number of likely N-dealkylation sites (N-methyl/N-ethyl adjacent to an activating group) is 1. The van der Waals surface area contributed by atoms with Gasteiger partial charge in [-0.25, -0.2) is 4.98 Å². The molecule has 2 saturated heterocycles. The van der Waals surface area contributed by atoms with Gasteiger partial charge in [0.15, 0.2) is 0 Å². The van der Waals surface area contributed by atoms with Gasteiger partial charge in [-0.3, -0.25) is 9.69 Å². The second-order valence-corrected chi connectivity index (χ2v) is 8.60. The molecule has 6 heteroatoms. The van der Waals surface area contributed by atoms with Gasteiger partial charge in [-0.2, -0.15) is 0 Å². The fraction of sp³-hybridized carbons (Fsp3) is 0.565. The predicted molar refractivity (Wildman–Crippen MR) is 115 cm³/mol. The van der Waals surface area contributed by atoms with Crippen LogP contribution in [0.5, 0.6) is 0 Å². The number of carbonyl (C=O) groups is 1. The smallest absolute Gasteiger partial charge is 0.222 e. The monoisotopic (exact) mass is 395 g/mol. The number of benzene rings is 1. The van der Waals surface area contributed by atoms with Gasteiger partial charge < -0.3 is 14.4 Å². The topological polar surface area (TPSA) is 44.6 Å². The minimum absolute atomic E-state index is 0.352. The lowest BCUT2D eigenvalue weighted by atomic mass is 9.92. The van der Waals surface area contributed by atoms with E-state index in [4.69, 9.17) is 0 Å². The van der Waals surface area contributed by atoms with E-state index in [1.807, 2.05) is 17.1 Å². The third-order valence-corrected chi connectivity index (χ3v) is 6.37. The van der Waals surface area contributed by atoms with Crippen molar-refractivity contribution in [2.24, 2.45) is 5.92 Å². The number of likely N-dealkylation sites (tertiary alicyclic amines) is 1. The molecule has 1 amide bonds. The van der Waals surface area contributed by atoms with E-state index < -0.39 is 0 Å². The Hall–Kier alpha value is -2.18.